The molecule has 1 aromatic heterocycles. The average molecular weight is 301 g/mol. The maximum Gasteiger partial charge on any atom is 0.148 e. The van der Waals surface area contributed by atoms with Gasteiger partial charge in [0.05, 0.1) is 12.3 Å². The topological polar surface area (TPSA) is 47.8 Å². The van der Waals surface area contributed by atoms with Gasteiger partial charge in [-0.1, -0.05) is 32.0 Å². The summed E-state index contributed by atoms with van der Waals surface area (Å²) in [7, 11) is 0. The minimum Gasteiger partial charge on any atom is -0.298 e. The highest BCUT2D eigenvalue weighted by Crippen LogP contribution is 2.40. The van der Waals surface area contributed by atoms with Gasteiger partial charge in [-0.05, 0) is 17.5 Å². The number of hydrogen-bond donors (Lipinski definition) is 0. The third-order valence-corrected chi connectivity index (χ3v) is 4.84. The van der Waals surface area contributed by atoms with Crippen molar-refractivity contribution in [2.75, 3.05) is 5.75 Å². The standard InChI is InChI=1S/C16H19N3OS/c1-11(2)8-19-16(17-10-18-19)7-14(20)13-9-21-15-6-4-3-5-12(13)15/h3-6,10-11,13H,7-9H2,1-2H3. The zero-order chi connectivity index (χ0) is 14.8. The number of fused-ring (bicyclic) bond motifs is 1. The van der Waals surface area contributed by atoms with Crippen molar-refractivity contribution in [2.45, 2.75) is 37.6 Å². The highest BCUT2D eigenvalue weighted by atomic mass is 32.2. The first-order valence-electron chi connectivity index (χ1n) is 7.26. The third-order valence-electron chi connectivity index (χ3n) is 3.65. The molecule has 0 N–H and O–H groups in total. The highest BCUT2D eigenvalue weighted by molar-refractivity contribution is 7.99. The Labute approximate surface area is 129 Å². The summed E-state index contributed by atoms with van der Waals surface area (Å²) in [4.78, 5) is 18.1. The SMILES string of the molecule is CC(C)Cn1ncnc1CC(=O)C1CSc2ccccc21. The van der Waals surface area contributed by atoms with Crippen molar-refractivity contribution in [1.82, 2.24) is 14.8 Å². The van der Waals surface area contributed by atoms with Crippen LogP contribution in [0.2, 0.25) is 0 Å². The minimum absolute atomic E-state index is 0.00426. The molecule has 0 saturated heterocycles. The number of hydrogen-bond acceptors (Lipinski definition) is 4. The second kappa shape index (κ2) is 6.02. The Kier molecular flexibility index (Phi) is 4.10. The summed E-state index contributed by atoms with van der Waals surface area (Å²) in [5.74, 6) is 2.35. The normalized spacial score (nSPS) is 17.2. The minimum atomic E-state index is -0.00426. The summed E-state index contributed by atoms with van der Waals surface area (Å²) in [5.41, 5.74) is 1.17. The maximum atomic E-state index is 12.6. The molecule has 21 heavy (non-hydrogen) atoms. The molecule has 110 valence electrons. The summed E-state index contributed by atoms with van der Waals surface area (Å²) < 4.78 is 1.86. The molecule has 3 rings (SSSR count). The van der Waals surface area contributed by atoms with Crippen LogP contribution < -0.4 is 0 Å². The molecule has 0 saturated carbocycles. The number of aromatic nitrogens is 3. The molecule has 2 heterocycles. The Morgan fingerprint density at radius 1 is 1.43 bits per heavy atom. The van der Waals surface area contributed by atoms with Gasteiger partial charge < -0.3 is 0 Å². The van der Waals surface area contributed by atoms with E-state index in [-0.39, 0.29) is 11.7 Å². The van der Waals surface area contributed by atoms with Gasteiger partial charge in [-0.3, -0.25) is 4.79 Å². The second-order valence-electron chi connectivity index (χ2n) is 5.80. The molecular weight excluding hydrogens is 282 g/mol. The first kappa shape index (κ1) is 14.3. The average Bonchev–Trinajstić information content (AvgIpc) is 3.05. The van der Waals surface area contributed by atoms with Crippen molar-refractivity contribution < 1.29 is 4.79 Å². The monoisotopic (exact) mass is 301 g/mol. The van der Waals surface area contributed by atoms with Crippen molar-refractivity contribution in [3.05, 3.63) is 42.0 Å². The van der Waals surface area contributed by atoms with Gasteiger partial charge in [-0.2, -0.15) is 5.10 Å². The third kappa shape index (κ3) is 3.02. The molecule has 0 amide bonds. The van der Waals surface area contributed by atoms with E-state index in [0.717, 1.165) is 18.1 Å². The quantitative estimate of drug-likeness (QED) is 0.852. The van der Waals surface area contributed by atoms with Gasteiger partial charge in [0.15, 0.2) is 0 Å². The molecule has 1 aromatic carbocycles. The van der Waals surface area contributed by atoms with Gasteiger partial charge in [0, 0.05) is 17.2 Å². The lowest BCUT2D eigenvalue weighted by Crippen LogP contribution is -2.19. The van der Waals surface area contributed by atoms with Gasteiger partial charge in [0.2, 0.25) is 0 Å². The van der Waals surface area contributed by atoms with Crippen LogP contribution in [0.1, 0.15) is 31.2 Å². The Morgan fingerprint density at radius 3 is 3.05 bits per heavy atom. The Morgan fingerprint density at radius 2 is 2.24 bits per heavy atom. The van der Waals surface area contributed by atoms with Crippen molar-refractivity contribution in [3.8, 4) is 0 Å². The molecule has 0 spiro atoms. The van der Waals surface area contributed by atoms with Crippen molar-refractivity contribution in [1.29, 1.82) is 0 Å². The van der Waals surface area contributed by atoms with Crippen LogP contribution in [-0.2, 0) is 17.8 Å². The van der Waals surface area contributed by atoms with E-state index in [4.69, 9.17) is 0 Å². The Hall–Kier alpha value is -1.62. The van der Waals surface area contributed by atoms with E-state index in [1.165, 1.54) is 10.5 Å². The van der Waals surface area contributed by atoms with Crippen molar-refractivity contribution >= 4 is 17.5 Å². The number of rotatable bonds is 5. The van der Waals surface area contributed by atoms with Crippen LogP contribution in [-0.4, -0.2) is 26.3 Å². The molecule has 2 aromatic rings. The lowest BCUT2D eigenvalue weighted by molar-refractivity contribution is -0.119. The number of nitrogens with zero attached hydrogens (tertiary/aromatic N) is 3. The van der Waals surface area contributed by atoms with Gasteiger partial charge in [0.25, 0.3) is 0 Å². The van der Waals surface area contributed by atoms with Crippen LogP contribution in [0.4, 0.5) is 0 Å². The zero-order valence-corrected chi connectivity index (χ0v) is 13.1. The number of carbonyl (C=O) groups is 1. The summed E-state index contributed by atoms with van der Waals surface area (Å²) in [6.45, 7) is 5.08. The molecule has 0 aliphatic carbocycles. The van der Waals surface area contributed by atoms with E-state index < -0.39 is 0 Å². The molecule has 4 nitrogen and oxygen atoms in total. The summed E-state index contributed by atoms with van der Waals surface area (Å²) in [5, 5.41) is 4.23. The lowest BCUT2D eigenvalue weighted by atomic mass is 9.95. The van der Waals surface area contributed by atoms with E-state index in [1.54, 1.807) is 18.1 Å². The fourth-order valence-corrected chi connectivity index (χ4v) is 3.89. The predicted octanol–water partition coefficient (Wildman–Crippen LogP) is 2.94. The first-order chi connectivity index (χ1) is 10.1. The molecule has 1 aliphatic heterocycles. The van der Waals surface area contributed by atoms with E-state index in [9.17, 15) is 4.79 Å². The number of thioether (sulfide) groups is 1. The van der Waals surface area contributed by atoms with Gasteiger partial charge in [0.1, 0.15) is 17.9 Å². The van der Waals surface area contributed by atoms with Crippen LogP contribution in [0.5, 0.6) is 0 Å². The number of ketones is 1. The maximum absolute atomic E-state index is 12.6. The van der Waals surface area contributed by atoms with Gasteiger partial charge in [-0.25, -0.2) is 9.67 Å². The fourth-order valence-electron chi connectivity index (χ4n) is 2.63. The van der Waals surface area contributed by atoms with Gasteiger partial charge >= 0.3 is 0 Å². The van der Waals surface area contributed by atoms with Crippen LogP contribution in [0.3, 0.4) is 0 Å². The largest absolute Gasteiger partial charge is 0.298 e. The molecule has 1 atom stereocenters. The Balaban J connectivity index is 1.75. The number of carbonyl (C=O) groups excluding carboxylic acids is 1. The van der Waals surface area contributed by atoms with Crippen molar-refractivity contribution in [3.63, 3.8) is 0 Å². The molecule has 0 radical (unpaired) electrons. The molecule has 0 bridgehead atoms. The van der Waals surface area contributed by atoms with Crippen molar-refractivity contribution in [2.24, 2.45) is 5.92 Å². The van der Waals surface area contributed by atoms with E-state index >= 15 is 0 Å². The van der Waals surface area contributed by atoms with Crippen LogP contribution in [0.25, 0.3) is 0 Å². The van der Waals surface area contributed by atoms with Crippen LogP contribution in [0.15, 0.2) is 35.5 Å². The van der Waals surface area contributed by atoms with E-state index in [0.29, 0.717) is 12.3 Å². The zero-order valence-electron chi connectivity index (χ0n) is 12.3. The lowest BCUT2D eigenvalue weighted by Gasteiger charge is -2.11. The predicted molar refractivity (Wildman–Crippen MR) is 83.5 cm³/mol. The molecule has 1 aliphatic rings. The molecule has 5 heteroatoms. The summed E-state index contributed by atoms with van der Waals surface area (Å²) in [6, 6.07) is 8.19. The Bertz CT molecular complexity index is 650. The number of Topliss-reactive ketones (excluding diaryl/α,β-unsaturated/α-hetero) is 1. The first-order valence-corrected chi connectivity index (χ1v) is 8.25. The number of benzene rings is 1. The second-order valence-corrected chi connectivity index (χ2v) is 6.86. The van der Waals surface area contributed by atoms with Crippen LogP contribution in [0, 0.1) is 5.92 Å². The van der Waals surface area contributed by atoms with Gasteiger partial charge in [-0.15, -0.1) is 11.8 Å². The highest BCUT2D eigenvalue weighted by Gasteiger charge is 2.29. The molecular formula is C16H19N3OS. The molecule has 0 fully saturated rings. The summed E-state index contributed by atoms with van der Waals surface area (Å²) in [6.07, 6.45) is 1.91. The van der Waals surface area contributed by atoms with Crippen LogP contribution >= 0.6 is 11.8 Å². The molecule has 1 unspecified atom stereocenters. The van der Waals surface area contributed by atoms with E-state index in [2.05, 4.69) is 36.1 Å². The van der Waals surface area contributed by atoms with E-state index in [1.807, 2.05) is 16.8 Å². The smallest absolute Gasteiger partial charge is 0.148 e. The summed E-state index contributed by atoms with van der Waals surface area (Å²) >= 11 is 1.77. The fraction of sp³-hybridized carbons (Fsp3) is 0.438.